The summed E-state index contributed by atoms with van der Waals surface area (Å²) in [7, 11) is 4.06. The van der Waals surface area contributed by atoms with Crippen molar-refractivity contribution < 1.29 is 0 Å². The summed E-state index contributed by atoms with van der Waals surface area (Å²) < 4.78 is 2.32. The summed E-state index contributed by atoms with van der Waals surface area (Å²) in [6, 6.07) is 10.7. The third kappa shape index (κ3) is 5.87. The fraction of sp³-hybridized carbons (Fsp3) is 0.550. The van der Waals surface area contributed by atoms with E-state index in [1.54, 1.807) is 0 Å². The van der Waals surface area contributed by atoms with E-state index in [0.717, 1.165) is 37.9 Å². The number of likely N-dealkylation sites (tertiary alicyclic amines) is 1. The zero-order valence-corrected chi connectivity index (χ0v) is 18.3. The maximum Gasteiger partial charge on any atom is 0.190 e. The van der Waals surface area contributed by atoms with Crippen molar-refractivity contribution in [3.8, 4) is 0 Å². The normalized spacial score (nSPS) is 18.5. The second kappa shape index (κ2) is 10.8. The maximum absolute atomic E-state index is 4.35. The molecule has 1 aromatic heterocycles. The Bertz CT molecular complexity index is 696. The van der Waals surface area contributed by atoms with Crippen LogP contribution in [0.2, 0.25) is 0 Å². The number of halogens is 1. The number of hydrogen-bond donors (Lipinski definition) is 2. The van der Waals surface area contributed by atoms with Crippen LogP contribution in [0.15, 0.2) is 41.5 Å². The number of rotatable bonds is 6. The first kappa shape index (κ1) is 21.0. The first-order valence-corrected chi connectivity index (χ1v) is 9.43. The van der Waals surface area contributed by atoms with Crippen LogP contribution >= 0.6 is 24.0 Å². The van der Waals surface area contributed by atoms with Crippen molar-refractivity contribution >= 4 is 40.8 Å². The van der Waals surface area contributed by atoms with Gasteiger partial charge in [-0.2, -0.15) is 0 Å². The van der Waals surface area contributed by atoms with Crippen molar-refractivity contribution in [1.82, 2.24) is 20.1 Å². The number of hydrogen-bond acceptors (Lipinski definition) is 2. The lowest BCUT2D eigenvalue weighted by molar-refractivity contribution is 0.210. The molecule has 0 aliphatic carbocycles. The molecule has 0 saturated carbocycles. The monoisotopic (exact) mass is 469 g/mol. The average molecular weight is 469 g/mol. The predicted octanol–water partition coefficient (Wildman–Crippen LogP) is 3.16. The number of aryl methyl sites for hydroxylation is 1. The van der Waals surface area contributed by atoms with Crippen LogP contribution in [0, 0.1) is 5.92 Å². The van der Waals surface area contributed by atoms with E-state index in [9.17, 15) is 0 Å². The molecule has 0 radical (unpaired) electrons. The van der Waals surface area contributed by atoms with Crippen LogP contribution in [0.25, 0.3) is 10.9 Å². The van der Waals surface area contributed by atoms with Gasteiger partial charge in [0.25, 0.3) is 0 Å². The summed E-state index contributed by atoms with van der Waals surface area (Å²) in [5.74, 6) is 1.65. The fourth-order valence-electron chi connectivity index (χ4n) is 3.69. The van der Waals surface area contributed by atoms with Crippen molar-refractivity contribution in [2.24, 2.45) is 10.9 Å². The third-order valence-corrected chi connectivity index (χ3v) is 5.05. The highest BCUT2D eigenvalue weighted by Gasteiger charge is 2.17. The molecular weight excluding hydrogens is 437 g/mol. The molecule has 1 unspecified atom stereocenters. The Kier molecular flexibility index (Phi) is 8.71. The summed E-state index contributed by atoms with van der Waals surface area (Å²) >= 11 is 0. The number of benzene rings is 1. The van der Waals surface area contributed by atoms with Gasteiger partial charge in [-0.3, -0.25) is 4.99 Å². The van der Waals surface area contributed by atoms with Gasteiger partial charge in [0, 0.05) is 44.9 Å². The highest BCUT2D eigenvalue weighted by molar-refractivity contribution is 14.0. The smallest absolute Gasteiger partial charge is 0.190 e. The van der Waals surface area contributed by atoms with Crippen molar-refractivity contribution in [3.05, 3.63) is 36.5 Å². The van der Waals surface area contributed by atoms with E-state index in [-0.39, 0.29) is 24.0 Å². The van der Waals surface area contributed by atoms with Gasteiger partial charge >= 0.3 is 0 Å². The van der Waals surface area contributed by atoms with Gasteiger partial charge in [0.2, 0.25) is 0 Å². The van der Waals surface area contributed by atoms with Gasteiger partial charge in [-0.25, -0.2) is 0 Å². The molecule has 3 rings (SSSR count). The molecule has 1 aromatic carbocycles. The van der Waals surface area contributed by atoms with E-state index in [1.807, 2.05) is 7.05 Å². The van der Waals surface area contributed by atoms with Gasteiger partial charge < -0.3 is 20.1 Å². The Morgan fingerprint density at radius 1 is 1.23 bits per heavy atom. The highest BCUT2D eigenvalue weighted by atomic mass is 127. The molecule has 144 valence electrons. The fourth-order valence-corrected chi connectivity index (χ4v) is 3.69. The number of piperidine rings is 1. The average Bonchev–Trinajstić information content (AvgIpc) is 3.04. The number of nitrogens with zero attached hydrogens (tertiary/aromatic N) is 3. The summed E-state index contributed by atoms with van der Waals surface area (Å²) in [6.45, 7) is 5.37. The first-order valence-electron chi connectivity index (χ1n) is 9.43. The molecule has 1 saturated heterocycles. The summed E-state index contributed by atoms with van der Waals surface area (Å²) in [5, 5.41) is 8.24. The number of aliphatic imine (C=N–C) groups is 1. The van der Waals surface area contributed by atoms with E-state index < -0.39 is 0 Å². The topological polar surface area (TPSA) is 44.6 Å². The highest BCUT2D eigenvalue weighted by Crippen LogP contribution is 2.15. The lowest BCUT2D eigenvalue weighted by Gasteiger charge is -2.30. The molecule has 1 aliphatic rings. The van der Waals surface area contributed by atoms with E-state index >= 15 is 0 Å². The van der Waals surface area contributed by atoms with Gasteiger partial charge in [0.15, 0.2) is 5.96 Å². The maximum atomic E-state index is 4.35. The largest absolute Gasteiger partial charge is 0.356 e. The Hall–Kier alpha value is -1.28. The molecule has 0 bridgehead atoms. The molecule has 6 heteroatoms. The summed E-state index contributed by atoms with van der Waals surface area (Å²) in [5.41, 5.74) is 1.31. The number of aromatic nitrogens is 1. The quantitative estimate of drug-likeness (QED) is 0.296. The first-order chi connectivity index (χ1) is 12.3. The molecule has 1 fully saturated rings. The minimum Gasteiger partial charge on any atom is -0.356 e. The van der Waals surface area contributed by atoms with Crippen LogP contribution in [-0.2, 0) is 6.54 Å². The number of fused-ring (bicyclic) bond motifs is 1. The molecule has 2 N–H and O–H groups in total. The van der Waals surface area contributed by atoms with Gasteiger partial charge in [-0.15, -0.1) is 24.0 Å². The van der Waals surface area contributed by atoms with Crippen molar-refractivity contribution in [2.45, 2.75) is 25.8 Å². The molecule has 0 spiro atoms. The summed E-state index contributed by atoms with van der Waals surface area (Å²) in [4.78, 5) is 6.77. The predicted molar refractivity (Wildman–Crippen MR) is 122 cm³/mol. The van der Waals surface area contributed by atoms with Crippen LogP contribution in [0.5, 0.6) is 0 Å². The van der Waals surface area contributed by atoms with Gasteiger partial charge in [-0.05, 0) is 56.3 Å². The van der Waals surface area contributed by atoms with Crippen LogP contribution in [0.1, 0.15) is 19.3 Å². The SMILES string of the molecule is CN=C(NCCCn1ccc2ccccc21)NCC1CCCN(C)C1.I. The number of nitrogens with one attached hydrogen (secondary N) is 2. The lowest BCUT2D eigenvalue weighted by atomic mass is 9.99. The van der Waals surface area contributed by atoms with Crippen molar-refractivity contribution in [1.29, 1.82) is 0 Å². The second-order valence-corrected chi connectivity index (χ2v) is 7.07. The van der Waals surface area contributed by atoms with Crippen LogP contribution < -0.4 is 10.6 Å². The Balaban J connectivity index is 0.00000243. The summed E-state index contributed by atoms with van der Waals surface area (Å²) in [6.07, 6.45) is 5.87. The second-order valence-electron chi connectivity index (χ2n) is 7.07. The van der Waals surface area contributed by atoms with E-state index in [4.69, 9.17) is 0 Å². The van der Waals surface area contributed by atoms with Crippen LogP contribution in [0.3, 0.4) is 0 Å². The Labute approximate surface area is 174 Å². The molecule has 0 amide bonds. The molecule has 2 heterocycles. The third-order valence-electron chi connectivity index (χ3n) is 5.05. The minimum atomic E-state index is 0. The van der Waals surface area contributed by atoms with Gasteiger partial charge in [0.1, 0.15) is 0 Å². The van der Waals surface area contributed by atoms with Gasteiger partial charge in [-0.1, -0.05) is 18.2 Å². The van der Waals surface area contributed by atoms with Crippen molar-refractivity contribution in [2.75, 3.05) is 40.3 Å². The molecule has 5 nitrogen and oxygen atoms in total. The minimum absolute atomic E-state index is 0. The zero-order valence-electron chi connectivity index (χ0n) is 15.9. The number of para-hydroxylation sites is 1. The number of guanidine groups is 1. The van der Waals surface area contributed by atoms with Crippen LogP contribution in [0.4, 0.5) is 0 Å². The van der Waals surface area contributed by atoms with Crippen molar-refractivity contribution in [3.63, 3.8) is 0 Å². The molecule has 26 heavy (non-hydrogen) atoms. The van der Waals surface area contributed by atoms with Crippen LogP contribution in [-0.4, -0.2) is 55.7 Å². The molecular formula is C20H32IN5. The van der Waals surface area contributed by atoms with Gasteiger partial charge in [0.05, 0.1) is 0 Å². The lowest BCUT2D eigenvalue weighted by Crippen LogP contribution is -2.43. The Morgan fingerprint density at radius 2 is 2.08 bits per heavy atom. The van der Waals surface area contributed by atoms with E-state index in [2.05, 4.69) is 68.7 Å². The van der Waals surface area contributed by atoms with E-state index in [0.29, 0.717) is 0 Å². The van der Waals surface area contributed by atoms with E-state index in [1.165, 1.54) is 36.8 Å². The Morgan fingerprint density at radius 3 is 2.88 bits per heavy atom. The standard InChI is InChI=1S/C20H31N5.HI/c1-21-20(23-15-17-7-5-12-24(2)16-17)22-11-6-13-25-14-10-18-8-3-4-9-19(18)25;/h3-4,8-10,14,17H,5-7,11-13,15-16H2,1-2H3,(H2,21,22,23);1H. The molecule has 1 aliphatic heterocycles. The molecule has 1 atom stereocenters. The molecule has 2 aromatic rings. The zero-order chi connectivity index (χ0) is 17.5.